The summed E-state index contributed by atoms with van der Waals surface area (Å²) in [5, 5.41) is 11.1. The molecule has 0 saturated heterocycles. The Bertz CT molecular complexity index is 1900. The molecule has 4 aromatic rings. The zero-order valence-corrected chi connectivity index (χ0v) is 24.7. The third-order valence-electron chi connectivity index (χ3n) is 7.10. The number of fused-ring (bicyclic) bond motifs is 1. The minimum absolute atomic E-state index is 0.0158. The first-order valence-corrected chi connectivity index (χ1v) is 14.3. The fourth-order valence-electron chi connectivity index (χ4n) is 5.22. The topological polar surface area (TPSA) is 118 Å². The Morgan fingerprint density at radius 2 is 1.76 bits per heavy atom. The van der Waals surface area contributed by atoms with Crippen LogP contribution in [0.5, 0.6) is 5.75 Å². The number of ether oxygens (including phenoxy) is 2. The van der Waals surface area contributed by atoms with Gasteiger partial charge in [0.25, 0.3) is 11.2 Å². The van der Waals surface area contributed by atoms with Gasteiger partial charge < -0.3 is 14.0 Å². The summed E-state index contributed by atoms with van der Waals surface area (Å²) in [5.74, 6) is 0.175. The average molecular weight is 587 g/mol. The lowest BCUT2D eigenvalue weighted by Gasteiger charge is -2.24. The molecule has 2 aromatic heterocycles. The zero-order valence-electron chi connectivity index (χ0n) is 23.9. The van der Waals surface area contributed by atoms with E-state index in [2.05, 4.69) is 4.99 Å². The maximum Gasteiger partial charge on any atom is 0.338 e. The number of esters is 1. The molecule has 0 radical (unpaired) electrons. The summed E-state index contributed by atoms with van der Waals surface area (Å²) in [7, 11) is 0. The van der Waals surface area contributed by atoms with Crippen LogP contribution >= 0.6 is 11.3 Å². The van der Waals surface area contributed by atoms with Gasteiger partial charge in [-0.15, -0.1) is 0 Å². The molecular formula is C31H30N4O6S. The van der Waals surface area contributed by atoms with Crippen LogP contribution < -0.4 is 19.6 Å². The van der Waals surface area contributed by atoms with Gasteiger partial charge in [0, 0.05) is 29.2 Å². The van der Waals surface area contributed by atoms with E-state index in [9.17, 15) is 19.7 Å². The van der Waals surface area contributed by atoms with Crippen molar-refractivity contribution in [2.45, 2.75) is 40.7 Å². The Kier molecular flexibility index (Phi) is 7.95. The third kappa shape index (κ3) is 5.18. The Morgan fingerprint density at radius 3 is 2.38 bits per heavy atom. The smallest absolute Gasteiger partial charge is 0.338 e. The van der Waals surface area contributed by atoms with Gasteiger partial charge in [0.2, 0.25) is 0 Å². The number of aryl methyl sites for hydroxylation is 1. The number of carbonyl (C=O) groups is 1. The molecule has 2 aromatic carbocycles. The van der Waals surface area contributed by atoms with E-state index in [0.29, 0.717) is 33.0 Å². The molecular weight excluding hydrogens is 556 g/mol. The van der Waals surface area contributed by atoms with E-state index < -0.39 is 16.9 Å². The number of hydrogen-bond donors (Lipinski definition) is 0. The number of nitro groups is 1. The molecule has 0 amide bonds. The highest BCUT2D eigenvalue weighted by molar-refractivity contribution is 7.07. The molecule has 5 rings (SSSR count). The summed E-state index contributed by atoms with van der Waals surface area (Å²) < 4.78 is 15.0. The molecule has 1 atom stereocenters. The molecule has 1 aliphatic heterocycles. The minimum atomic E-state index is -0.717. The van der Waals surface area contributed by atoms with E-state index in [4.69, 9.17) is 9.47 Å². The van der Waals surface area contributed by atoms with Crippen LogP contribution in [0.25, 0.3) is 11.8 Å². The Labute approximate surface area is 245 Å². The van der Waals surface area contributed by atoms with Crippen LogP contribution in [0.2, 0.25) is 0 Å². The molecule has 0 saturated carbocycles. The van der Waals surface area contributed by atoms with Gasteiger partial charge in [-0.2, -0.15) is 0 Å². The number of rotatable bonds is 8. The van der Waals surface area contributed by atoms with Crippen molar-refractivity contribution in [3.05, 3.63) is 118 Å². The summed E-state index contributed by atoms with van der Waals surface area (Å²) >= 11 is 1.26. The number of non-ortho nitro benzene ring substituents is 1. The predicted molar refractivity (Wildman–Crippen MR) is 160 cm³/mol. The monoisotopic (exact) mass is 586 g/mol. The van der Waals surface area contributed by atoms with Crippen molar-refractivity contribution in [2.75, 3.05) is 13.2 Å². The molecule has 1 aliphatic rings. The zero-order chi connectivity index (χ0) is 30.1. The number of nitrogens with zero attached hydrogens (tertiary/aromatic N) is 4. The summed E-state index contributed by atoms with van der Waals surface area (Å²) in [6.07, 6.45) is 1.83. The Balaban J connectivity index is 1.64. The molecule has 11 heteroatoms. The van der Waals surface area contributed by atoms with Gasteiger partial charge in [-0.05, 0) is 82.2 Å². The lowest BCUT2D eigenvalue weighted by molar-refractivity contribution is -0.384. The summed E-state index contributed by atoms with van der Waals surface area (Å²) in [6, 6.07) is 14.9. The van der Waals surface area contributed by atoms with Crippen molar-refractivity contribution in [1.29, 1.82) is 0 Å². The van der Waals surface area contributed by atoms with Crippen LogP contribution in [0.1, 0.15) is 49.3 Å². The van der Waals surface area contributed by atoms with Gasteiger partial charge >= 0.3 is 5.97 Å². The summed E-state index contributed by atoms with van der Waals surface area (Å²) in [4.78, 5) is 42.9. The van der Waals surface area contributed by atoms with E-state index in [0.717, 1.165) is 28.2 Å². The second-order valence-electron chi connectivity index (χ2n) is 9.74. The predicted octanol–water partition coefficient (Wildman–Crippen LogP) is 4.51. The average Bonchev–Trinajstić information content (AvgIpc) is 3.42. The van der Waals surface area contributed by atoms with Crippen molar-refractivity contribution in [2.24, 2.45) is 4.99 Å². The molecule has 0 spiro atoms. The molecule has 0 N–H and O–H groups in total. The number of thiazole rings is 1. The van der Waals surface area contributed by atoms with Crippen LogP contribution in [0.15, 0.2) is 75.7 Å². The van der Waals surface area contributed by atoms with Crippen LogP contribution in [0, 0.1) is 24.0 Å². The van der Waals surface area contributed by atoms with Gasteiger partial charge in [0.1, 0.15) is 5.75 Å². The minimum Gasteiger partial charge on any atom is -0.494 e. The maximum absolute atomic E-state index is 14.0. The first kappa shape index (κ1) is 28.7. The molecule has 216 valence electrons. The number of nitro benzene ring substituents is 1. The van der Waals surface area contributed by atoms with Gasteiger partial charge in [-0.25, -0.2) is 9.79 Å². The lowest BCUT2D eigenvalue weighted by atomic mass is 9.96. The summed E-state index contributed by atoms with van der Waals surface area (Å²) in [5.41, 5.74) is 4.69. The summed E-state index contributed by atoms with van der Waals surface area (Å²) in [6.45, 7) is 9.98. The van der Waals surface area contributed by atoms with Crippen molar-refractivity contribution in [3.63, 3.8) is 0 Å². The highest BCUT2D eigenvalue weighted by Crippen LogP contribution is 2.32. The van der Waals surface area contributed by atoms with E-state index in [1.54, 1.807) is 30.5 Å². The largest absolute Gasteiger partial charge is 0.494 e. The van der Waals surface area contributed by atoms with Gasteiger partial charge in [-0.3, -0.25) is 19.5 Å². The highest BCUT2D eigenvalue weighted by atomic mass is 32.1. The number of aromatic nitrogens is 2. The molecule has 0 aliphatic carbocycles. The van der Waals surface area contributed by atoms with Gasteiger partial charge in [-0.1, -0.05) is 23.5 Å². The van der Waals surface area contributed by atoms with Crippen LogP contribution in [0.4, 0.5) is 5.69 Å². The standard InChI is InChI=1S/C31H30N4O6S/c1-6-40-25-14-8-21(9-15-25)28-27(30(37)41-7-2)19(4)32-31-34(28)29(36)26(42-31)17-22-16-18(3)33(20(22)5)23-10-12-24(13-11-23)35(38)39/h8-17,28H,6-7H2,1-5H3/b26-17-. The van der Waals surface area contributed by atoms with Crippen LogP contribution in [-0.2, 0) is 9.53 Å². The Morgan fingerprint density at radius 1 is 1.07 bits per heavy atom. The van der Waals surface area contributed by atoms with Crippen molar-refractivity contribution >= 4 is 29.1 Å². The second-order valence-corrected chi connectivity index (χ2v) is 10.7. The number of benzene rings is 2. The van der Waals surface area contributed by atoms with E-state index in [-0.39, 0.29) is 17.9 Å². The first-order chi connectivity index (χ1) is 20.1. The molecule has 10 nitrogen and oxygen atoms in total. The SMILES string of the molecule is CCOC(=O)C1=C(C)N=c2s/c(=C\c3cc(C)n(-c4ccc([N+](=O)[O-])cc4)c3C)c(=O)n2C1c1ccc(OCC)cc1. The van der Waals surface area contributed by atoms with E-state index in [1.807, 2.05) is 61.7 Å². The van der Waals surface area contributed by atoms with Gasteiger partial charge in [0.05, 0.1) is 40.0 Å². The second kappa shape index (κ2) is 11.6. The van der Waals surface area contributed by atoms with Crippen LogP contribution in [-0.4, -0.2) is 33.2 Å². The number of allylic oxidation sites excluding steroid dienone is 1. The Hall–Kier alpha value is -4.77. The van der Waals surface area contributed by atoms with Gasteiger partial charge in [0.15, 0.2) is 4.80 Å². The first-order valence-electron chi connectivity index (χ1n) is 13.5. The molecule has 0 bridgehead atoms. The number of hydrogen-bond acceptors (Lipinski definition) is 8. The fourth-order valence-corrected chi connectivity index (χ4v) is 6.25. The van der Waals surface area contributed by atoms with E-state index >= 15 is 0 Å². The maximum atomic E-state index is 14.0. The van der Waals surface area contributed by atoms with Crippen molar-refractivity contribution in [1.82, 2.24) is 9.13 Å². The molecule has 42 heavy (non-hydrogen) atoms. The number of carbonyl (C=O) groups excluding carboxylic acids is 1. The van der Waals surface area contributed by atoms with Crippen molar-refractivity contribution < 1.29 is 19.2 Å². The normalized spacial score (nSPS) is 14.9. The molecule has 3 heterocycles. The lowest BCUT2D eigenvalue weighted by Crippen LogP contribution is -2.39. The highest BCUT2D eigenvalue weighted by Gasteiger charge is 2.33. The third-order valence-corrected chi connectivity index (χ3v) is 8.08. The fraction of sp³-hybridized carbons (Fsp3) is 0.258. The quantitative estimate of drug-likeness (QED) is 0.170. The molecule has 1 unspecified atom stereocenters. The van der Waals surface area contributed by atoms with Crippen molar-refractivity contribution in [3.8, 4) is 11.4 Å². The molecule has 0 fully saturated rings. The van der Waals surface area contributed by atoms with E-state index in [1.165, 1.54) is 23.5 Å². The van der Waals surface area contributed by atoms with Crippen LogP contribution in [0.3, 0.4) is 0 Å².